The molecule has 4 aliphatic carbocycles. The van der Waals surface area contributed by atoms with Crippen LogP contribution in [0.1, 0.15) is 58.8 Å². The summed E-state index contributed by atoms with van der Waals surface area (Å²) in [6, 6.07) is 0. The van der Waals surface area contributed by atoms with Crippen molar-refractivity contribution in [1.29, 1.82) is 0 Å². The van der Waals surface area contributed by atoms with Gasteiger partial charge in [0.2, 0.25) is 0 Å². The summed E-state index contributed by atoms with van der Waals surface area (Å²) in [6.07, 6.45) is 10.4. The fourth-order valence-corrected chi connectivity index (χ4v) is 9.97. The van der Waals surface area contributed by atoms with E-state index in [4.69, 9.17) is 8.85 Å². The van der Waals surface area contributed by atoms with Crippen LogP contribution in [0.2, 0.25) is 39.3 Å². The molecule has 4 rings (SSSR count). The third kappa shape index (κ3) is 3.97. The lowest BCUT2D eigenvalue weighted by molar-refractivity contribution is -0.118. The lowest BCUT2D eigenvalue weighted by atomic mass is 9.47. The van der Waals surface area contributed by atoms with Crippen LogP contribution < -0.4 is 0 Å². The van der Waals surface area contributed by atoms with Crippen LogP contribution in [-0.2, 0) is 13.6 Å². The highest BCUT2D eigenvalue weighted by molar-refractivity contribution is 6.70. The molecule has 0 spiro atoms. The maximum absolute atomic E-state index is 12.1. The number of allylic oxidation sites excluding steroid dienone is 1. The van der Waals surface area contributed by atoms with E-state index in [1.807, 2.05) is 6.08 Å². The van der Waals surface area contributed by atoms with Gasteiger partial charge < -0.3 is 8.85 Å². The van der Waals surface area contributed by atoms with Crippen LogP contribution in [0.15, 0.2) is 11.6 Å². The summed E-state index contributed by atoms with van der Waals surface area (Å²) in [5, 5.41) is 0. The molecule has 3 saturated carbocycles. The van der Waals surface area contributed by atoms with Gasteiger partial charge in [-0.3, -0.25) is 4.79 Å². The molecule has 0 aromatic rings. The van der Waals surface area contributed by atoms with Gasteiger partial charge in [0, 0.05) is 6.42 Å². The Labute approximate surface area is 186 Å². The smallest absolute Gasteiger partial charge is 0.184 e. The second-order valence-electron chi connectivity index (χ2n) is 13.2. The highest BCUT2D eigenvalue weighted by atomic mass is 28.4. The average molecular weight is 449 g/mol. The maximum atomic E-state index is 12.1. The van der Waals surface area contributed by atoms with Crippen LogP contribution in [-0.4, -0.2) is 34.6 Å². The first kappa shape index (κ1) is 22.9. The van der Waals surface area contributed by atoms with Crippen LogP contribution in [0.3, 0.4) is 0 Å². The summed E-state index contributed by atoms with van der Waals surface area (Å²) >= 11 is 0. The Morgan fingerprint density at radius 2 is 1.57 bits per heavy atom. The van der Waals surface area contributed by atoms with E-state index >= 15 is 0 Å². The minimum Gasteiger partial charge on any atom is -0.412 e. The molecule has 0 saturated heterocycles. The van der Waals surface area contributed by atoms with Crippen molar-refractivity contribution in [3.05, 3.63) is 11.6 Å². The van der Waals surface area contributed by atoms with Gasteiger partial charge in [0.1, 0.15) is 0 Å². The number of carbonyl (C=O) groups is 1. The minimum absolute atomic E-state index is 0.230. The Bertz CT molecular complexity index is 734. The first-order valence-electron chi connectivity index (χ1n) is 12.3. The molecule has 0 aliphatic heterocycles. The van der Waals surface area contributed by atoms with E-state index in [0.29, 0.717) is 11.7 Å². The van der Waals surface area contributed by atoms with Gasteiger partial charge in [-0.1, -0.05) is 19.4 Å². The largest absolute Gasteiger partial charge is 0.412 e. The molecule has 0 aromatic carbocycles. The van der Waals surface area contributed by atoms with Gasteiger partial charge in [0.15, 0.2) is 22.4 Å². The molecule has 0 unspecified atom stereocenters. The molecule has 170 valence electrons. The maximum Gasteiger partial charge on any atom is 0.184 e. The lowest BCUT2D eigenvalue weighted by Gasteiger charge is -2.58. The molecule has 3 nitrogen and oxygen atoms in total. The summed E-state index contributed by atoms with van der Waals surface area (Å²) in [5.41, 5.74) is 1.94. The molecular formula is C25H44O3Si2. The molecular weight excluding hydrogens is 404 g/mol. The second kappa shape index (κ2) is 7.39. The van der Waals surface area contributed by atoms with Crippen molar-refractivity contribution in [2.24, 2.45) is 28.6 Å². The summed E-state index contributed by atoms with van der Waals surface area (Å²) in [6.45, 7) is 19.0. The molecule has 0 N–H and O–H groups in total. The Balaban J connectivity index is 1.66. The number of carbonyl (C=O) groups excluding carboxylic acids is 1. The molecule has 0 aromatic heterocycles. The summed E-state index contributed by atoms with van der Waals surface area (Å²) in [7, 11) is -3.31. The van der Waals surface area contributed by atoms with Crippen molar-refractivity contribution < 1.29 is 13.6 Å². The van der Waals surface area contributed by atoms with Crippen molar-refractivity contribution in [3.63, 3.8) is 0 Å². The van der Waals surface area contributed by atoms with E-state index in [9.17, 15) is 4.79 Å². The molecule has 30 heavy (non-hydrogen) atoms. The predicted molar refractivity (Wildman–Crippen MR) is 129 cm³/mol. The van der Waals surface area contributed by atoms with E-state index in [2.05, 4.69) is 53.1 Å². The second-order valence-corrected chi connectivity index (χ2v) is 22.1. The topological polar surface area (TPSA) is 35.5 Å². The minimum atomic E-state index is -1.67. The van der Waals surface area contributed by atoms with Crippen LogP contribution in [0.4, 0.5) is 0 Å². The molecule has 3 fully saturated rings. The summed E-state index contributed by atoms with van der Waals surface area (Å²) in [5.74, 6) is 2.52. The van der Waals surface area contributed by atoms with Crippen molar-refractivity contribution in [2.75, 3.05) is 0 Å². The zero-order valence-electron chi connectivity index (χ0n) is 20.6. The zero-order valence-corrected chi connectivity index (χ0v) is 22.6. The van der Waals surface area contributed by atoms with Gasteiger partial charge in [-0.15, -0.1) is 0 Å². The Kier molecular flexibility index (Phi) is 5.65. The zero-order chi connectivity index (χ0) is 22.1. The van der Waals surface area contributed by atoms with Gasteiger partial charge in [-0.25, -0.2) is 0 Å². The van der Waals surface area contributed by atoms with E-state index in [-0.39, 0.29) is 23.0 Å². The molecule has 7 atom stereocenters. The SMILES string of the molecule is C[C@]12CC[C@H]3[C@@H](CCC4=CC(=O)CC[C@@]43C)[C@@H]1C[C@@H](O[Si](C)(C)C)[C@@H]2O[Si](C)(C)C. The van der Waals surface area contributed by atoms with Crippen LogP contribution in [0.25, 0.3) is 0 Å². The molecule has 5 heteroatoms. The summed E-state index contributed by atoms with van der Waals surface area (Å²) in [4.78, 5) is 12.1. The van der Waals surface area contributed by atoms with Crippen molar-refractivity contribution in [3.8, 4) is 0 Å². The van der Waals surface area contributed by atoms with Crippen molar-refractivity contribution in [2.45, 2.75) is 110 Å². The van der Waals surface area contributed by atoms with Crippen molar-refractivity contribution in [1.82, 2.24) is 0 Å². The average Bonchev–Trinajstić information content (AvgIpc) is 2.85. The molecule has 0 bridgehead atoms. The van der Waals surface area contributed by atoms with Gasteiger partial charge >= 0.3 is 0 Å². The highest BCUT2D eigenvalue weighted by Crippen LogP contribution is 2.66. The van der Waals surface area contributed by atoms with E-state index < -0.39 is 16.6 Å². The summed E-state index contributed by atoms with van der Waals surface area (Å²) < 4.78 is 13.8. The van der Waals surface area contributed by atoms with Gasteiger partial charge in [-0.2, -0.15) is 0 Å². The van der Waals surface area contributed by atoms with E-state index in [1.165, 1.54) is 31.3 Å². The van der Waals surface area contributed by atoms with Crippen molar-refractivity contribution >= 4 is 22.4 Å². The number of hydrogen-bond donors (Lipinski definition) is 0. The number of rotatable bonds is 4. The van der Waals surface area contributed by atoms with E-state index in [1.54, 1.807) is 0 Å². The third-order valence-corrected chi connectivity index (χ3v) is 10.8. The lowest BCUT2D eigenvalue weighted by Crippen LogP contribution is -2.53. The molecule has 0 heterocycles. The fourth-order valence-electron chi connectivity index (χ4n) is 7.66. The van der Waals surface area contributed by atoms with E-state index in [0.717, 1.165) is 31.1 Å². The fraction of sp³-hybridized carbons (Fsp3) is 0.880. The first-order chi connectivity index (χ1) is 13.7. The Morgan fingerprint density at radius 1 is 0.900 bits per heavy atom. The third-order valence-electron chi connectivity index (χ3n) is 8.86. The standard InChI is InChI=1S/C25H44O3Si2/c1-24-13-11-18(26)15-17(24)9-10-19-20(24)12-14-25(2)21(19)16-22(27-29(3,4)5)23(25)28-30(6,7)8/h15,19-23H,9-14,16H2,1-8H3/t19-,20+,21+,22-,23+,24+,25+/m1/s1. The normalized spacial score (nSPS) is 44.2. The van der Waals surface area contributed by atoms with Crippen LogP contribution in [0.5, 0.6) is 0 Å². The van der Waals surface area contributed by atoms with Gasteiger partial charge in [0.25, 0.3) is 0 Å². The van der Waals surface area contributed by atoms with Crippen LogP contribution >= 0.6 is 0 Å². The Hall–Kier alpha value is -0.236. The number of hydrogen-bond acceptors (Lipinski definition) is 3. The van der Waals surface area contributed by atoms with Crippen LogP contribution in [0, 0.1) is 28.6 Å². The number of fused-ring (bicyclic) bond motifs is 5. The molecule has 0 amide bonds. The first-order valence-corrected chi connectivity index (χ1v) is 19.1. The number of ketones is 1. The van der Waals surface area contributed by atoms with Gasteiger partial charge in [0.05, 0.1) is 12.2 Å². The predicted octanol–water partition coefficient (Wildman–Crippen LogP) is 6.57. The van der Waals surface area contributed by atoms with Gasteiger partial charge in [-0.05, 0) is 112 Å². The quantitative estimate of drug-likeness (QED) is 0.456. The highest BCUT2D eigenvalue weighted by Gasteiger charge is 2.62. The molecule has 4 aliphatic rings. The molecule has 0 radical (unpaired) electrons. The monoisotopic (exact) mass is 448 g/mol. The Morgan fingerprint density at radius 3 is 2.20 bits per heavy atom.